The highest BCUT2D eigenvalue weighted by molar-refractivity contribution is 5.90. The van der Waals surface area contributed by atoms with Crippen LogP contribution in [0.1, 0.15) is 26.3 Å². The highest BCUT2D eigenvalue weighted by atomic mass is 16.5. The molecule has 0 aliphatic heterocycles. The fourth-order valence-corrected chi connectivity index (χ4v) is 2.76. The van der Waals surface area contributed by atoms with Crippen LogP contribution in [0, 0.1) is 6.92 Å². The van der Waals surface area contributed by atoms with Crippen molar-refractivity contribution in [3.63, 3.8) is 0 Å². The van der Waals surface area contributed by atoms with E-state index in [1.807, 2.05) is 44.2 Å². The number of urea groups is 1. The van der Waals surface area contributed by atoms with E-state index in [0.29, 0.717) is 18.1 Å². The molecule has 0 aliphatic rings. The molecular weight excluding hydrogens is 342 g/mol. The maximum Gasteiger partial charge on any atom is 0.321 e. The molecule has 2 rings (SSSR count). The molecule has 27 heavy (non-hydrogen) atoms. The molecule has 2 aromatic carbocycles. The monoisotopic (exact) mass is 371 g/mol. The Morgan fingerprint density at radius 2 is 1.67 bits per heavy atom. The van der Waals surface area contributed by atoms with Crippen LogP contribution in [0.15, 0.2) is 42.5 Å². The van der Waals surface area contributed by atoms with Gasteiger partial charge in [0.2, 0.25) is 0 Å². The van der Waals surface area contributed by atoms with Gasteiger partial charge in [0.05, 0.1) is 6.61 Å². The molecule has 0 spiro atoms. The van der Waals surface area contributed by atoms with E-state index >= 15 is 0 Å². The van der Waals surface area contributed by atoms with Gasteiger partial charge in [-0.2, -0.15) is 0 Å². The Labute approximate surface area is 161 Å². The zero-order valence-corrected chi connectivity index (χ0v) is 16.5. The number of hydrogen-bond acceptors (Lipinski definition) is 4. The van der Waals surface area contributed by atoms with E-state index in [9.17, 15) is 4.79 Å². The molecule has 0 aromatic heterocycles. The minimum absolute atomic E-state index is 0.0481. The van der Waals surface area contributed by atoms with E-state index in [2.05, 4.69) is 35.4 Å². The number of aryl methyl sites for hydroxylation is 1. The first-order valence-electron chi connectivity index (χ1n) is 9.34. The second-order valence-electron chi connectivity index (χ2n) is 5.97. The molecule has 0 bridgehead atoms. The SMILES string of the molecule is CCOc1ccccc1OCNC(=O)Nc1ccc(N(CC)CC)cc1C. The van der Waals surface area contributed by atoms with Gasteiger partial charge in [-0.05, 0) is 63.6 Å². The molecule has 0 saturated carbocycles. The van der Waals surface area contributed by atoms with E-state index in [4.69, 9.17) is 9.47 Å². The molecule has 2 N–H and O–H groups in total. The summed E-state index contributed by atoms with van der Waals surface area (Å²) in [7, 11) is 0. The lowest BCUT2D eigenvalue weighted by molar-refractivity contribution is 0.229. The predicted octanol–water partition coefficient (Wildman–Crippen LogP) is 4.40. The first-order valence-corrected chi connectivity index (χ1v) is 9.34. The average Bonchev–Trinajstić information content (AvgIpc) is 2.66. The van der Waals surface area contributed by atoms with Gasteiger partial charge in [0.25, 0.3) is 0 Å². The van der Waals surface area contributed by atoms with Crippen LogP contribution in [-0.4, -0.2) is 32.5 Å². The summed E-state index contributed by atoms with van der Waals surface area (Å²) < 4.78 is 11.1. The summed E-state index contributed by atoms with van der Waals surface area (Å²) in [5.41, 5.74) is 2.94. The Balaban J connectivity index is 1.89. The number of nitrogens with zero attached hydrogens (tertiary/aromatic N) is 1. The number of benzene rings is 2. The summed E-state index contributed by atoms with van der Waals surface area (Å²) >= 11 is 0. The Kier molecular flexibility index (Phi) is 7.79. The minimum Gasteiger partial charge on any atom is -0.490 e. The third-order valence-electron chi connectivity index (χ3n) is 4.20. The van der Waals surface area contributed by atoms with Gasteiger partial charge in [0.1, 0.15) is 0 Å². The van der Waals surface area contributed by atoms with Crippen molar-refractivity contribution < 1.29 is 14.3 Å². The van der Waals surface area contributed by atoms with Crippen LogP contribution in [0.4, 0.5) is 16.2 Å². The molecule has 0 radical (unpaired) electrons. The normalized spacial score (nSPS) is 10.2. The minimum atomic E-state index is -0.317. The van der Waals surface area contributed by atoms with E-state index < -0.39 is 0 Å². The van der Waals surface area contributed by atoms with Crippen LogP contribution in [0.5, 0.6) is 11.5 Å². The van der Waals surface area contributed by atoms with Gasteiger partial charge in [-0.15, -0.1) is 0 Å². The van der Waals surface area contributed by atoms with Gasteiger partial charge in [-0.3, -0.25) is 0 Å². The molecule has 146 valence electrons. The molecule has 2 aromatic rings. The van der Waals surface area contributed by atoms with Crippen molar-refractivity contribution in [3.8, 4) is 11.5 Å². The van der Waals surface area contributed by atoms with Gasteiger partial charge in [0.15, 0.2) is 18.2 Å². The number of carbonyl (C=O) groups is 1. The molecule has 0 unspecified atom stereocenters. The van der Waals surface area contributed by atoms with Crippen LogP contribution in [0.25, 0.3) is 0 Å². The lowest BCUT2D eigenvalue weighted by atomic mass is 10.1. The number of anilines is 2. The fourth-order valence-electron chi connectivity index (χ4n) is 2.76. The van der Waals surface area contributed by atoms with Crippen LogP contribution >= 0.6 is 0 Å². The summed E-state index contributed by atoms with van der Waals surface area (Å²) in [5, 5.41) is 5.56. The van der Waals surface area contributed by atoms with E-state index in [1.165, 1.54) is 0 Å². The Hall–Kier alpha value is -2.89. The van der Waals surface area contributed by atoms with Gasteiger partial charge in [0, 0.05) is 24.5 Å². The zero-order valence-electron chi connectivity index (χ0n) is 16.5. The zero-order chi connectivity index (χ0) is 19.6. The van der Waals surface area contributed by atoms with Crippen LogP contribution in [0.2, 0.25) is 0 Å². The average molecular weight is 371 g/mol. The summed E-state index contributed by atoms with van der Waals surface area (Å²) in [6, 6.07) is 13.1. The maximum absolute atomic E-state index is 12.2. The summed E-state index contributed by atoms with van der Waals surface area (Å²) in [5.74, 6) is 1.25. The van der Waals surface area contributed by atoms with Crippen molar-refractivity contribution >= 4 is 17.4 Å². The van der Waals surface area contributed by atoms with Gasteiger partial charge in [-0.1, -0.05) is 12.1 Å². The van der Waals surface area contributed by atoms with Crippen LogP contribution in [-0.2, 0) is 0 Å². The molecule has 0 aliphatic carbocycles. The fraction of sp³-hybridized carbons (Fsp3) is 0.381. The Bertz CT molecular complexity index is 745. The number of carbonyl (C=O) groups excluding carboxylic acids is 1. The largest absolute Gasteiger partial charge is 0.490 e. The quantitative estimate of drug-likeness (QED) is 0.642. The van der Waals surface area contributed by atoms with Gasteiger partial charge < -0.3 is 25.0 Å². The molecule has 6 heteroatoms. The van der Waals surface area contributed by atoms with Crippen LogP contribution in [0.3, 0.4) is 0 Å². The highest BCUT2D eigenvalue weighted by Gasteiger charge is 2.08. The first-order chi connectivity index (χ1) is 13.1. The molecule has 0 heterocycles. The Morgan fingerprint density at radius 1 is 1.00 bits per heavy atom. The predicted molar refractivity (Wildman–Crippen MR) is 110 cm³/mol. The third-order valence-corrected chi connectivity index (χ3v) is 4.20. The maximum atomic E-state index is 12.2. The number of nitrogens with one attached hydrogen (secondary N) is 2. The summed E-state index contributed by atoms with van der Waals surface area (Å²) in [6.45, 7) is 10.6. The first kappa shape index (κ1) is 20.4. The molecule has 2 amide bonds. The van der Waals surface area contributed by atoms with Crippen molar-refractivity contribution in [3.05, 3.63) is 48.0 Å². The lowest BCUT2D eigenvalue weighted by Crippen LogP contribution is -2.32. The highest BCUT2D eigenvalue weighted by Crippen LogP contribution is 2.26. The number of para-hydroxylation sites is 2. The van der Waals surface area contributed by atoms with Gasteiger partial charge in [-0.25, -0.2) is 4.79 Å². The molecule has 0 atom stereocenters. The molecule has 6 nitrogen and oxygen atoms in total. The smallest absolute Gasteiger partial charge is 0.321 e. The van der Waals surface area contributed by atoms with Crippen molar-refractivity contribution in [2.45, 2.75) is 27.7 Å². The Morgan fingerprint density at radius 3 is 2.26 bits per heavy atom. The van der Waals surface area contributed by atoms with Crippen molar-refractivity contribution in [1.29, 1.82) is 0 Å². The lowest BCUT2D eigenvalue weighted by Gasteiger charge is -2.22. The number of ether oxygens (including phenoxy) is 2. The second-order valence-corrected chi connectivity index (χ2v) is 5.97. The number of amides is 2. The summed E-state index contributed by atoms with van der Waals surface area (Å²) in [6.07, 6.45) is 0. The number of hydrogen-bond donors (Lipinski definition) is 2. The van der Waals surface area contributed by atoms with Crippen molar-refractivity contribution in [2.24, 2.45) is 0 Å². The van der Waals surface area contributed by atoms with Gasteiger partial charge >= 0.3 is 6.03 Å². The molecular formula is C21H29N3O3. The second kappa shape index (κ2) is 10.3. The van der Waals surface area contributed by atoms with Crippen LogP contribution < -0.4 is 25.0 Å². The topological polar surface area (TPSA) is 62.8 Å². The standard InChI is InChI=1S/C21H29N3O3/c1-5-24(6-2)17-12-13-18(16(4)14-17)23-21(25)22-15-27-20-11-9-8-10-19(20)26-7-3/h8-14H,5-7,15H2,1-4H3,(H2,22,23,25). The number of rotatable bonds is 9. The molecule has 0 saturated heterocycles. The van der Waals surface area contributed by atoms with E-state index in [1.54, 1.807) is 6.07 Å². The molecule has 0 fully saturated rings. The van der Waals surface area contributed by atoms with E-state index in [0.717, 1.165) is 30.0 Å². The van der Waals surface area contributed by atoms with Crippen molar-refractivity contribution in [2.75, 3.05) is 36.6 Å². The van der Waals surface area contributed by atoms with Crippen molar-refractivity contribution in [1.82, 2.24) is 5.32 Å². The third kappa shape index (κ3) is 5.81. The van der Waals surface area contributed by atoms with E-state index in [-0.39, 0.29) is 12.8 Å². The summed E-state index contributed by atoms with van der Waals surface area (Å²) in [4.78, 5) is 14.4.